The van der Waals surface area contributed by atoms with Crippen LogP contribution < -0.4 is 30.2 Å². The number of amides is 2. The lowest BCUT2D eigenvalue weighted by Crippen LogP contribution is -2.34. The van der Waals surface area contributed by atoms with Crippen molar-refractivity contribution in [1.29, 1.82) is 0 Å². The number of carbonyl (C=O) groups excluding carboxylic acids is 2. The number of hydrogen-bond donors (Lipinski definition) is 3. The van der Waals surface area contributed by atoms with Crippen molar-refractivity contribution in [3.63, 3.8) is 0 Å². The summed E-state index contributed by atoms with van der Waals surface area (Å²) in [5.41, 5.74) is 1.53. The van der Waals surface area contributed by atoms with E-state index in [4.69, 9.17) is 26.4 Å². The first-order valence-electron chi connectivity index (χ1n) is 9.74. The van der Waals surface area contributed by atoms with Gasteiger partial charge in [0.05, 0.1) is 27.0 Å². The molecule has 0 aliphatic rings. The predicted octanol–water partition coefficient (Wildman–Crippen LogP) is 3.97. The second kappa shape index (κ2) is 11.8. The van der Waals surface area contributed by atoms with Crippen molar-refractivity contribution < 1.29 is 23.8 Å². The molecule has 0 fully saturated rings. The molecule has 9 heteroatoms. The van der Waals surface area contributed by atoms with Crippen LogP contribution in [0.25, 0.3) is 0 Å². The van der Waals surface area contributed by atoms with Crippen LogP contribution in [-0.2, 0) is 4.79 Å². The Morgan fingerprint density at radius 2 is 1.61 bits per heavy atom. The van der Waals surface area contributed by atoms with Crippen LogP contribution in [0.2, 0.25) is 0 Å². The topological polar surface area (TPSA) is 97.9 Å². The number of nitrogens with one attached hydrogen (secondary N) is 3. The molecule has 0 aliphatic heterocycles. The molecule has 2 aromatic carbocycles. The number of thiocarbonyl (C=S) groups is 1. The van der Waals surface area contributed by atoms with Crippen molar-refractivity contribution in [2.45, 2.75) is 26.2 Å². The lowest BCUT2D eigenvalue weighted by Gasteiger charge is -2.14. The Labute approximate surface area is 187 Å². The van der Waals surface area contributed by atoms with Gasteiger partial charge in [-0.1, -0.05) is 13.3 Å². The normalized spacial score (nSPS) is 10.1. The highest BCUT2D eigenvalue weighted by molar-refractivity contribution is 7.80. The number of hydrogen-bond acceptors (Lipinski definition) is 6. The van der Waals surface area contributed by atoms with Crippen molar-refractivity contribution >= 4 is 40.5 Å². The van der Waals surface area contributed by atoms with Gasteiger partial charge in [0.25, 0.3) is 5.91 Å². The van der Waals surface area contributed by atoms with Crippen LogP contribution in [0.15, 0.2) is 36.4 Å². The highest BCUT2D eigenvalue weighted by Crippen LogP contribution is 2.29. The molecule has 2 rings (SSSR count). The highest BCUT2D eigenvalue weighted by atomic mass is 32.1. The molecule has 166 valence electrons. The van der Waals surface area contributed by atoms with Gasteiger partial charge in [0.1, 0.15) is 5.75 Å². The van der Waals surface area contributed by atoms with Gasteiger partial charge < -0.3 is 24.8 Å². The van der Waals surface area contributed by atoms with Crippen molar-refractivity contribution in [3.05, 3.63) is 42.0 Å². The van der Waals surface area contributed by atoms with Gasteiger partial charge in [-0.2, -0.15) is 0 Å². The average Bonchev–Trinajstić information content (AvgIpc) is 2.77. The molecule has 0 heterocycles. The second-order valence-corrected chi connectivity index (χ2v) is 6.95. The summed E-state index contributed by atoms with van der Waals surface area (Å²) in [7, 11) is 4.53. The van der Waals surface area contributed by atoms with Crippen molar-refractivity contribution in [3.8, 4) is 17.2 Å². The molecule has 0 aromatic heterocycles. The zero-order valence-corrected chi connectivity index (χ0v) is 18.9. The van der Waals surface area contributed by atoms with Crippen LogP contribution in [0.4, 0.5) is 11.4 Å². The third-order valence-electron chi connectivity index (χ3n) is 4.36. The molecular weight excluding hydrogens is 418 g/mol. The molecule has 2 aromatic rings. The van der Waals surface area contributed by atoms with Gasteiger partial charge in [-0.15, -0.1) is 0 Å². The summed E-state index contributed by atoms with van der Waals surface area (Å²) >= 11 is 5.24. The van der Waals surface area contributed by atoms with E-state index in [2.05, 4.69) is 16.0 Å². The lowest BCUT2D eigenvalue weighted by atomic mass is 10.2. The SMILES string of the molecule is CCCCC(=O)Nc1ccc(NC(=S)NC(=O)c2ccc(OC)c(OC)c2)cc1OC. The predicted molar refractivity (Wildman–Crippen MR) is 124 cm³/mol. The summed E-state index contributed by atoms with van der Waals surface area (Å²) in [6, 6.07) is 9.94. The molecule has 0 radical (unpaired) electrons. The fraction of sp³-hybridized carbons (Fsp3) is 0.318. The zero-order valence-electron chi connectivity index (χ0n) is 18.0. The Hall–Kier alpha value is -3.33. The summed E-state index contributed by atoms with van der Waals surface area (Å²) in [4.78, 5) is 24.5. The summed E-state index contributed by atoms with van der Waals surface area (Å²) in [6.45, 7) is 2.03. The molecule has 8 nitrogen and oxygen atoms in total. The highest BCUT2D eigenvalue weighted by Gasteiger charge is 2.13. The van der Waals surface area contributed by atoms with Crippen LogP contribution in [0.5, 0.6) is 17.2 Å². The molecule has 0 spiro atoms. The van der Waals surface area contributed by atoms with E-state index in [0.29, 0.717) is 40.6 Å². The van der Waals surface area contributed by atoms with Crippen LogP contribution in [-0.4, -0.2) is 38.3 Å². The van der Waals surface area contributed by atoms with E-state index in [1.54, 1.807) is 36.4 Å². The van der Waals surface area contributed by atoms with Gasteiger partial charge in [0.15, 0.2) is 16.6 Å². The quantitative estimate of drug-likeness (QED) is 0.503. The zero-order chi connectivity index (χ0) is 22.8. The van der Waals surface area contributed by atoms with Crippen molar-refractivity contribution in [2.75, 3.05) is 32.0 Å². The van der Waals surface area contributed by atoms with E-state index in [9.17, 15) is 9.59 Å². The lowest BCUT2D eigenvalue weighted by molar-refractivity contribution is -0.116. The number of carbonyl (C=O) groups is 2. The van der Waals surface area contributed by atoms with Gasteiger partial charge >= 0.3 is 0 Å². The maximum Gasteiger partial charge on any atom is 0.257 e. The molecule has 0 aliphatic carbocycles. The maximum absolute atomic E-state index is 12.5. The third kappa shape index (κ3) is 6.85. The molecule has 0 bridgehead atoms. The summed E-state index contributed by atoms with van der Waals surface area (Å²) in [5, 5.41) is 8.50. The van der Waals surface area contributed by atoms with E-state index in [-0.39, 0.29) is 11.0 Å². The fourth-order valence-corrected chi connectivity index (χ4v) is 2.95. The molecular formula is C22H27N3O5S. The van der Waals surface area contributed by atoms with Gasteiger partial charge in [0, 0.05) is 23.7 Å². The Morgan fingerprint density at radius 1 is 0.903 bits per heavy atom. The van der Waals surface area contributed by atoms with E-state index >= 15 is 0 Å². The average molecular weight is 446 g/mol. The Morgan fingerprint density at radius 3 is 2.26 bits per heavy atom. The van der Waals surface area contributed by atoms with Crippen LogP contribution in [0.1, 0.15) is 36.5 Å². The first-order chi connectivity index (χ1) is 14.9. The molecule has 0 saturated heterocycles. The Balaban J connectivity index is 2.03. The summed E-state index contributed by atoms with van der Waals surface area (Å²) in [6.07, 6.45) is 2.22. The Bertz CT molecular complexity index is 949. The molecule has 0 atom stereocenters. The van der Waals surface area contributed by atoms with Crippen LogP contribution >= 0.6 is 12.2 Å². The van der Waals surface area contributed by atoms with E-state index in [1.165, 1.54) is 21.3 Å². The minimum Gasteiger partial charge on any atom is -0.494 e. The first-order valence-corrected chi connectivity index (χ1v) is 10.1. The molecule has 31 heavy (non-hydrogen) atoms. The number of rotatable bonds is 9. The fourth-order valence-electron chi connectivity index (χ4n) is 2.74. The van der Waals surface area contributed by atoms with E-state index < -0.39 is 5.91 Å². The third-order valence-corrected chi connectivity index (χ3v) is 4.57. The van der Waals surface area contributed by atoms with Gasteiger partial charge in [-0.05, 0) is 49.0 Å². The summed E-state index contributed by atoms with van der Waals surface area (Å²) in [5.74, 6) is 0.969. The first kappa shape index (κ1) is 23.9. The maximum atomic E-state index is 12.5. The molecule has 3 N–H and O–H groups in total. The standard InChI is InChI=1S/C22H27N3O5S/c1-5-6-7-20(26)24-16-10-9-15(13-18(16)29-3)23-22(31)25-21(27)14-8-11-17(28-2)19(12-14)30-4/h8-13H,5-7H2,1-4H3,(H,24,26)(H2,23,25,27,31). The van der Waals surface area contributed by atoms with E-state index in [1.807, 2.05) is 6.92 Å². The van der Waals surface area contributed by atoms with Crippen molar-refractivity contribution in [2.24, 2.45) is 0 Å². The van der Waals surface area contributed by atoms with Gasteiger partial charge in [-0.3, -0.25) is 14.9 Å². The van der Waals surface area contributed by atoms with Gasteiger partial charge in [-0.25, -0.2) is 0 Å². The van der Waals surface area contributed by atoms with Gasteiger partial charge in [0.2, 0.25) is 5.91 Å². The number of unbranched alkanes of at least 4 members (excludes halogenated alkanes) is 1. The van der Waals surface area contributed by atoms with Crippen molar-refractivity contribution in [1.82, 2.24) is 5.32 Å². The largest absolute Gasteiger partial charge is 0.494 e. The number of anilines is 2. The minimum absolute atomic E-state index is 0.0708. The summed E-state index contributed by atoms with van der Waals surface area (Å²) < 4.78 is 15.7. The number of ether oxygens (including phenoxy) is 3. The van der Waals surface area contributed by atoms with Crippen LogP contribution in [0.3, 0.4) is 0 Å². The second-order valence-electron chi connectivity index (χ2n) is 6.54. The monoisotopic (exact) mass is 445 g/mol. The molecule has 2 amide bonds. The Kier molecular flexibility index (Phi) is 9.08. The molecule has 0 unspecified atom stereocenters. The number of benzene rings is 2. The van der Waals surface area contributed by atoms with Crippen LogP contribution in [0, 0.1) is 0 Å². The smallest absolute Gasteiger partial charge is 0.257 e. The number of methoxy groups -OCH3 is 3. The van der Waals surface area contributed by atoms with E-state index in [0.717, 1.165) is 12.8 Å². The molecule has 0 saturated carbocycles. The minimum atomic E-state index is -0.398.